The van der Waals surface area contributed by atoms with Crippen molar-refractivity contribution < 1.29 is 18.7 Å². The topological polar surface area (TPSA) is 58.6 Å². The van der Waals surface area contributed by atoms with E-state index in [9.17, 15) is 14.0 Å². The maximum Gasteiger partial charge on any atom is 0.261 e. The van der Waals surface area contributed by atoms with Gasteiger partial charge >= 0.3 is 0 Å². The molecule has 0 aromatic heterocycles. The van der Waals surface area contributed by atoms with Gasteiger partial charge in [-0.05, 0) is 61.2 Å². The van der Waals surface area contributed by atoms with Gasteiger partial charge < -0.3 is 15.0 Å². The number of nitrogens with one attached hydrogen (secondary N) is 1. The number of hydrogen-bond donors (Lipinski definition) is 1. The van der Waals surface area contributed by atoms with E-state index in [0.29, 0.717) is 23.7 Å². The van der Waals surface area contributed by atoms with Crippen LogP contribution in [0.3, 0.4) is 0 Å². The van der Waals surface area contributed by atoms with E-state index >= 15 is 0 Å². The first-order valence-electron chi connectivity index (χ1n) is 10.1. The number of benzene rings is 2. The molecule has 0 aliphatic carbocycles. The Kier molecular flexibility index (Phi) is 9.12. The summed E-state index contributed by atoms with van der Waals surface area (Å²) in [7, 11) is 0. The van der Waals surface area contributed by atoms with Crippen molar-refractivity contribution in [3.8, 4) is 5.75 Å². The molecule has 0 aliphatic heterocycles. The lowest BCUT2D eigenvalue weighted by molar-refractivity contribution is -0.143. The van der Waals surface area contributed by atoms with Crippen molar-refractivity contribution in [1.82, 2.24) is 10.2 Å². The molecular weight excluding hydrogens is 407 g/mol. The number of ether oxygens (including phenoxy) is 1. The Bertz CT molecular complexity index is 858. The summed E-state index contributed by atoms with van der Waals surface area (Å²) in [5.41, 5.74) is 1.57. The van der Waals surface area contributed by atoms with E-state index in [-0.39, 0.29) is 30.8 Å². The molecule has 0 saturated carbocycles. The minimum absolute atomic E-state index is 0.181. The first kappa shape index (κ1) is 23.7. The molecule has 0 fully saturated rings. The summed E-state index contributed by atoms with van der Waals surface area (Å²) in [5.74, 6) is -0.371. The van der Waals surface area contributed by atoms with Crippen molar-refractivity contribution in [2.24, 2.45) is 0 Å². The smallest absolute Gasteiger partial charge is 0.261 e. The lowest BCUT2D eigenvalue weighted by Gasteiger charge is -2.30. The zero-order valence-electron chi connectivity index (χ0n) is 17.6. The minimum atomic E-state index is -0.648. The molecule has 0 radical (unpaired) electrons. The van der Waals surface area contributed by atoms with Crippen LogP contribution in [0.4, 0.5) is 4.39 Å². The van der Waals surface area contributed by atoms with E-state index in [2.05, 4.69) is 5.32 Å². The van der Waals surface area contributed by atoms with Gasteiger partial charge in [0.25, 0.3) is 5.91 Å². The van der Waals surface area contributed by atoms with Crippen molar-refractivity contribution in [3.63, 3.8) is 0 Å². The molecule has 5 nitrogen and oxygen atoms in total. The Labute approximate surface area is 182 Å². The van der Waals surface area contributed by atoms with Gasteiger partial charge in [-0.3, -0.25) is 9.59 Å². The molecule has 7 heteroatoms. The second-order valence-corrected chi connectivity index (χ2v) is 7.47. The van der Waals surface area contributed by atoms with Crippen LogP contribution < -0.4 is 10.1 Å². The van der Waals surface area contributed by atoms with Crippen molar-refractivity contribution >= 4 is 23.4 Å². The second kappa shape index (κ2) is 11.6. The molecule has 0 spiro atoms. The van der Waals surface area contributed by atoms with Gasteiger partial charge in [-0.15, -0.1) is 0 Å². The molecule has 2 aromatic rings. The predicted molar refractivity (Wildman–Crippen MR) is 116 cm³/mol. The number of hydrogen-bond acceptors (Lipinski definition) is 3. The Hall–Kier alpha value is -2.60. The zero-order chi connectivity index (χ0) is 22.1. The molecule has 162 valence electrons. The highest BCUT2D eigenvalue weighted by Crippen LogP contribution is 2.21. The maximum absolute atomic E-state index is 13.3. The first-order valence-corrected chi connectivity index (χ1v) is 10.4. The third kappa shape index (κ3) is 6.73. The summed E-state index contributed by atoms with van der Waals surface area (Å²) in [5, 5.41) is 3.47. The highest BCUT2D eigenvalue weighted by Gasteiger charge is 2.28. The number of carbonyl (C=O) groups excluding carboxylic acids is 2. The van der Waals surface area contributed by atoms with E-state index < -0.39 is 6.04 Å². The first-order chi connectivity index (χ1) is 14.3. The molecule has 30 heavy (non-hydrogen) atoms. The number of amides is 2. The summed E-state index contributed by atoms with van der Waals surface area (Å²) in [6.07, 6.45) is 1.25. The average Bonchev–Trinajstić information content (AvgIpc) is 2.74. The number of carbonyl (C=O) groups is 2. The van der Waals surface area contributed by atoms with Crippen molar-refractivity contribution in [3.05, 3.63) is 64.4 Å². The zero-order valence-corrected chi connectivity index (χ0v) is 18.3. The van der Waals surface area contributed by atoms with Crippen LogP contribution in [0.5, 0.6) is 5.75 Å². The summed E-state index contributed by atoms with van der Waals surface area (Å²) < 4.78 is 18.9. The Morgan fingerprint density at radius 3 is 2.47 bits per heavy atom. The summed E-state index contributed by atoms with van der Waals surface area (Å²) in [4.78, 5) is 27.2. The molecule has 1 atom stereocenters. The van der Waals surface area contributed by atoms with Gasteiger partial charge in [0, 0.05) is 18.1 Å². The summed E-state index contributed by atoms with van der Waals surface area (Å²) >= 11 is 6.03. The molecular formula is C23H28ClFN2O3. The number of halogens is 2. The van der Waals surface area contributed by atoms with Gasteiger partial charge in [-0.2, -0.15) is 0 Å². The van der Waals surface area contributed by atoms with Gasteiger partial charge in [0.05, 0.1) is 0 Å². The van der Waals surface area contributed by atoms with E-state index in [1.54, 1.807) is 30.3 Å². The SMILES string of the molecule is CCCNC(=O)C(CC)N(Cc1ccc(F)cc1)C(=O)COc1ccc(Cl)c(C)c1. The van der Waals surface area contributed by atoms with E-state index in [4.69, 9.17) is 16.3 Å². The highest BCUT2D eigenvalue weighted by molar-refractivity contribution is 6.31. The number of rotatable bonds is 10. The molecule has 2 aromatic carbocycles. The number of nitrogens with zero attached hydrogens (tertiary/aromatic N) is 1. The third-order valence-corrected chi connectivity index (χ3v) is 5.12. The molecule has 1 unspecified atom stereocenters. The van der Waals surface area contributed by atoms with Crippen LogP contribution in [-0.4, -0.2) is 35.9 Å². The predicted octanol–water partition coefficient (Wildman–Crippen LogP) is 4.50. The van der Waals surface area contributed by atoms with Crippen LogP contribution in [0.25, 0.3) is 0 Å². The Morgan fingerprint density at radius 1 is 1.17 bits per heavy atom. The molecule has 2 rings (SSSR count). The Balaban J connectivity index is 2.18. The van der Waals surface area contributed by atoms with Crippen molar-refractivity contribution in [2.75, 3.05) is 13.2 Å². The molecule has 0 aliphatic rings. The fourth-order valence-corrected chi connectivity index (χ4v) is 3.12. The monoisotopic (exact) mass is 434 g/mol. The minimum Gasteiger partial charge on any atom is -0.484 e. The van der Waals surface area contributed by atoms with Gasteiger partial charge in [-0.1, -0.05) is 37.6 Å². The van der Waals surface area contributed by atoms with Crippen molar-refractivity contribution in [2.45, 2.75) is 46.2 Å². The standard InChI is InChI=1S/C23H28ClFN2O3/c1-4-12-26-23(29)21(5-2)27(14-17-6-8-18(25)9-7-17)22(28)15-30-19-10-11-20(24)16(3)13-19/h6-11,13,21H,4-5,12,14-15H2,1-3H3,(H,26,29). The molecule has 0 bridgehead atoms. The molecule has 1 N–H and O–H groups in total. The summed E-state index contributed by atoms with van der Waals surface area (Å²) in [6, 6.07) is 10.4. The largest absolute Gasteiger partial charge is 0.484 e. The fraction of sp³-hybridized carbons (Fsp3) is 0.391. The molecule has 2 amide bonds. The van der Waals surface area contributed by atoms with Crippen LogP contribution >= 0.6 is 11.6 Å². The average molecular weight is 435 g/mol. The quantitative estimate of drug-likeness (QED) is 0.599. The van der Waals surface area contributed by atoms with Crippen LogP contribution in [0, 0.1) is 12.7 Å². The fourth-order valence-electron chi connectivity index (χ4n) is 3.01. The molecule has 0 heterocycles. The van der Waals surface area contributed by atoms with Crippen LogP contribution in [0.15, 0.2) is 42.5 Å². The van der Waals surface area contributed by atoms with E-state index in [1.165, 1.54) is 17.0 Å². The van der Waals surface area contributed by atoms with Gasteiger partial charge in [0.15, 0.2) is 6.61 Å². The normalized spacial score (nSPS) is 11.6. The maximum atomic E-state index is 13.3. The highest BCUT2D eigenvalue weighted by atomic mass is 35.5. The molecule has 0 saturated heterocycles. The Morgan fingerprint density at radius 2 is 1.87 bits per heavy atom. The van der Waals surface area contributed by atoms with Gasteiger partial charge in [0.2, 0.25) is 5.91 Å². The third-order valence-electron chi connectivity index (χ3n) is 4.69. The van der Waals surface area contributed by atoms with Crippen LogP contribution in [0.2, 0.25) is 5.02 Å². The lowest BCUT2D eigenvalue weighted by Crippen LogP contribution is -2.50. The van der Waals surface area contributed by atoms with E-state index in [0.717, 1.165) is 17.5 Å². The van der Waals surface area contributed by atoms with Crippen LogP contribution in [0.1, 0.15) is 37.8 Å². The second-order valence-electron chi connectivity index (χ2n) is 7.06. The van der Waals surface area contributed by atoms with E-state index in [1.807, 2.05) is 20.8 Å². The van der Waals surface area contributed by atoms with Crippen LogP contribution in [-0.2, 0) is 16.1 Å². The summed E-state index contributed by atoms with van der Waals surface area (Å²) in [6.45, 7) is 6.16. The van der Waals surface area contributed by atoms with Crippen molar-refractivity contribution in [1.29, 1.82) is 0 Å². The van der Waals surface area contributed by atoms with Gasteiger partial charge in [-0.25, -0.2) is 4.39 Å². The number of aryl methyl sites for hydroxylation is 1. The lowest BCUT2D eigenvalue weighted by atomic mass is 10.1. The van der Waals surface area contributed by atoms with Gasteiger partial charge in [0.1, 0.15) is 17.6 Å².